The van der Waals surface area contributed by atoms with Crippen molar-refractivity contribution in [3.8, 4) is 0 Å². The maximum atomic E-state index is 12.5. The zero-order chi connectivity index (χ0) is 19.2. The van der Waals surface area contributed by atoms with E-state index in [9.17, 15) is 21.9 Å². The van der Waals surface area contributed by atoms with Gasteiger partial charge in [-0.05, 0) is 35.4 Å². The summed E-state index contributed by atoms with van der Waals surface area (Å²) in [6.45, 7) is 0.128. The quantitative estimate of drug-likeness (QED) is 0.334. The Morgan fingerprint density at radius 3 is 2.54 bits per heavy atom. The largest absolute Gasteiger partial charge is 0.395 e. The molecule has 0 aromatic carbocycles. The average molecular weight is 405 g/mol. The van der Waals surface area contributed by atoms with Gasteiger partial charge in [0.2, 0.25) is 20.0 Å². The van der Waals surface area contributed by atoms with Crippen LogP contribution in [0.1, 0.15) is 12.2 Å². The number of H-pyrrole nitrogens is 1. The minimum atomic E-state index is -4.44. The number of nitrogens with one attached hydrogen (secondary N) is 2. The van der Waals surface area contributed by atoms with E-state index in [1.54, 1.807) is 0 Å². The molecule has 2 unspecified atom stereocenters. The number of hydrogen-bond acceptors (Lipinski definition) is 9. The van der Waals surface area contributed by atoms with Crippen molar-refractivity contribution in [3.05, 3.63) is 29.0 Å². The van der Waals surface area contributed by atoms with Gasteiger partial charge in [-0.15, -0.1) is 5.10 Å². The molecule has 14 heteroatoms. The molecule has 2 heterocycles. The van der Waals surface area contributed by atoms with Gasteiger partial charge < -0.3 is 10.4 Å². The Balaban J connectivity index is 2.26. The first-order chi connectivity index (χ1) is 12.1. The summed E-state index contributed by atoms with van der Waals surface area (Å²) in [5.41, 5.74) is -1.50. The number of nitrogens with two attached hydrogens (primary N) is 2. The topological polar surface area (TPSA) is 207 Å². The van der Waals surface area contributed by atoms with Crippen molar-refractivity contribution in [2.24, 2.45) is 16.2 Å². The minimum Gasteiger partial charge on any atom is -0.395 e. The maximum Gasteiger partial charge on any atom is 0.235 e. The fraction of sp³-hybridized carbons (Fsp3) is 0.583. The van der Waals surface area contributed by atoms with Gasteiger partial charge in [-0.3, -0.25) is 0 Å². The van der Waals surface area contributed by atoms with Gasteiger partial charge in [0.05, 0.1) is 16.9 Å². The number of allylic oxidation sites excluding steroid dienone is 3. The van der Waals surface area contributed by atoms with E-state index in [2.05, 4.69) is 25.9 Å². The second-order valence-corrected chi connectivity index (χ2v) is 9.56. The summed E-state index contributed by atoms with van der Waals surface area (Å²) in [6, 6.07) is -0.286. The molecule has 1 saturated heterocycles. The molecule has 7 N–H and O–H groups in total. The summed E-state index contributed by atoms with van der Waals surface area (Å²) in [5, 5.41) is 34.8. The highest BCUT2D eigenvalue weighted by Gasteiger charge is 2.58. The van der Waals surface area contributed by atoms with Crippen molar-refractivity contribution in [1.82, 2.24) is 25.9 Å². The van der Waals surface area contributed by atoms with E-state index in [0.29, 0.717) is 13.0 Å². The monoisotopic (exact) mass is 405 g/mol. The minimum absolute atomic E-state index is 0.0485. The highest BCUT2D eigenvalue weighted by atomic mass is 32.2. The second kappa shape index (κ2) is 6.47. The molecule has 1 aromatic rings. The molecule has 0 saturated carbocycles. The highest BCUT2D eigenvalue weighted by Crippen LogP contribution is 2.47. The molecule has 1 aliphatic heterocycles. The number of aliphatic hydroxyl groups is 1. The zero-order valence-electron chi connectivity index (χ0n) is 13.5. The van der Waals surface area contributed by atoms with Crippen LogP contribution in [-0.2, 0) is 25.5 Å². The number of nitrogens with zero attached hydrogens (tertiary/aromatic N) is 3. The van der Waals surface area contributed by atoms with Crippen molar-refractivity contribution in [3.63, 3.8) is 0 Å². The average Bonchev–Trinajstić information content (AvgIpc) is 3.24. The molecule has 0 bridgehead atoms. The molecular weight excluding hydrogens is 386 g/mol. The summed E-state index contributed by atoms with van der Waals surface area (Å²) < 4.78 is 49.1. The van der Waals surface area contributed by atoms with E-state index in [4.69, 9.17) is 10.3 Å². The van der Waals surface area contributed by atoms with Gasteiger partial charge >= 0.3 is 0 Å². The number of sulfonamides is 2. The van der Waals surface area contributed by atoms with Crippen LogP contribution in [-0.4, -0.2) is 67.0 Å². The molecule has 1 aliphatic carbocycles. The standard InChI is InChI=1S/C12H19N7O5S2/c13-25(21,22)9-2-1-3-12(10(9)26(14,23)24,11-16-18-19-17-11)7-4-8(6-20)15-5-7/h1-3,7-8,10,15,20H,4-6H2,(H2,13,21,22)(H2,14,23,24)(H,16,17,18,19)/t7-,8-,10?,12?/m1/s1. The molecule has 144 valence electrons. The molecule has 1 fully saturated rings. The molecule has 12 nitrogen and oxygen atoms in total. The maximum absolute atomic E-state index is 12.5. The normalized spacial score (nSPS) is 32.6. The number of tetrazole rings is 1. The molecule has 26 heavy (non-hydrogen) atoms. The summed E-state index contributed by atoms with van der Waals surface area (Å²) in [7, 11) is -8.81. The fourth-order valence-corrected chi connectivity index (χ4v) is 6.70. The van der Waals surface area contributed by atoms with Crippen LogP contribution in [0.2, 0.25) is 0 Å². The number of primary sulfonamides is 2. The third kappa shape index (κ3) is 3.08. The van der Waals surface area contributed by atoms with Crippen LogP contribution in [0, 0.1) is 5.92 Å². The number of aromatic nitrogens is 4. The van der Waals surface area contributed by atoms with Crippen molar-refractivity contribution >= 4 is 20.0 Å². The lowest BCUT2D eigenvalue weighted by atomic mass is 9.69. The third-order valence-corrected chi connectivity index (χ3v) is 7.33. The summed E-state index contributed by atoms with van der Waals surface area (Å²) in [6.07, 6.45) is 4.38. The van der Waals surface area contributed by atoms with Crippen molar-refractivity contribution in [2.75, 3.05) is 13.2 Å². The molecule has 2 aliphatic rings. The number of rotatable bonds is 5. The molecule has 4 atom stereocenters. The lowest BCUT2D eigenvalue weighted by Crippen LogP contribution is -2.55. The van der Waals surface area contributed by atoms with E-state index in [1.165, 1.54) is 12.2 Å². The number of aliphatic hydroxyl groups excluding tert-OH is 1. The Morgan fingerprint density at radius 2 is 2.04 bits per heavy atom. The zero-order valence-corrected chi connectivity index (χ0v) is 15.1. The first-order valence-electron chi connectivity index (χ1n) is 7.63. The Hall–Kier alpha value is -1.71. The van der Waals surface area contributed by atoms with Gasteiger partial charge in [0.25, 0.3) is 0 Å². The fourth-order valence-electron chi connectivity index (χ4n) is 3.80. The lowest BCUT2D eigenvalue weighted by Gasteiger charge is -2.41. The first kappa shape index (κ1) is 19.1. The third-order valence-electron chi connectivity index (χ3n) is 4.86. The lowest BCUT2D eigenvalue weighted by molar-refractivity contribution is 0.246. The highest BCUT2D eigenvalue weighted by molar-refractivity contribution is 7.96. The molecule has 3 rings (SSSR count). The summed E-state index contributed by atoms with van der Waals surface area (Å²) >= 11 is 0. The Bertz CT molecular complexity index is 941. The SMILES string of the molecule is NS(=O)(=O)C1=CC=CC(c2nnn[nH]2)([C@H]2CN[C@@H](CO)C2)C1S(N)(=O)=O. The van der Waals surface area contributed by atoms with Gasteiger partial charge in [0, 0.05) is 6.04 Å². The predicted octanol–water partition coefficient (Wildman–Crippen LogP) is -3.19. The van der Waals surface area contributed by atoms with Gasteiger partial charge in [-0.2, -0.15) is 0 Å². The van der Waals surface area contributed by atoms with Crippen LogP contribution < -0.4 is 15.6 Å². The van der Waals surface area contributed by atoms with Crippen molar-refractivity contribution in [2.45, 2.75) is 23.1 Å². The van der Waals surface area contributed by atoms with Crippen LogP contribution in [0.3, 0.4) is 0 Å². The van der Waals surface area contributed by atoms with Gasteiger partial charge in [-0.25, -0.2) is 32.2 Å². The number of aromatic amines is 1. The van der Waals surface area contributed by atoms with E-state index in [0.717, 1.165) is 6.08 Å². The molecule has 0 amide bonds. The van der Waals surface area contributed by atoms with Crippen LogP contribution in [0.4, 0.5) is 0 Å². The Labute approximate surface area is 149 Å². The van der Waals surface area contributed by atoms with E-state index < -0.39 is 41.5 Å². The molecule has 0 radical (unpaired) electrons. The van der Waals surface area contributed by atoms with Crippen LogP contribution in [0.25, 0.3) is 0 Å². The van der Waals surface area contributed by atoms with Gasteiger partial charge in [0.1, 0.15) is 5.25 Å². The summed E-state index contributed by atoms with van der Waals surface area (Å²) in [4.78, 5) is -0.536. The molecule has 1 aromatic heterocycles. The van der Waals surface area contributed by atoms with E-state index in [1.807, 2.05) is 0 Å². The second-order valence-electron chi connectivity index (χ2n) is 6.35. The molecular formula is C12H19N7O5S2. The first-order valence-corrected chi connectivity index (χ1v) is 10.8. The summed E-state index contributed by atoms with van der Waals surface area (Å²) in [5.74, 6) is -0.424. The Morgan fingerprint density at radius 1 is 1.31 bits per heavy atom. The van der Waals surface area contributed by atoms with Crippen LogP contribution >= 0.6 is 0 Å². The van der Waals surface area contributed by atoms with Crippen LogP contribution in [0.5, 0.6) is 0 Å². The van der Waals surface area contributed by atoms with Crippen molar-refractivity contribution < 1.29 is 21.9 Å². The number of hydrogen-bond donors (Lipinski definition) is 5. The van der Waals surface area contributed by atoms with Crippen LogP contribution in [0.15, 0.2) is 23.1 Å². The smallest absolute Gasteiger partial charge is 0.235 e. The predicted molar refractivity (Wildman–Crippen MR) is 90.1 cm³/mol. The van der Waals surface area contributed by atoms with Gasteiger partial charge in [-0.1, -0.05) is 12.2 Å². The Kier molecular flexibility index (Phi) is 4.74. The van der Waals surface area contributed by atoms with E-state index in [-0.39, 0.29) is 18.5 Å². The molecule has 0 spiro atoms. The van der Waals surface area contributed by atoms with Gasteiger partial charge in [0.15, 0.2) is 5.82 Å². The van der Waals surface area contributed by atoms with E-state index >= 15 is 0 Å². The van der Waals surface area contributed by atoms with Crippen molar-refractivity contribution in [1.29, 1.82) is 0 Å².